The number of likely N-dealkylation sites (N-methyl/N-ethyl adjacent to an activating group) is 1. The Kier molecular flexibility index (Phi) is 10.8. The molecule has 1 aromatic rings. The first kappa shape index (κ1) is 23.8. The fraction of sp³-hybridized carbons (Fsp3) is 0.650. The molecular weight excluding hydrogens is 455 g/mol. The number of guanidine groups is 1. The molecule has 1 fully saturated rings. The van der Waals surface area contributed by atoms with E-state index in [9.17, 15) is 0 Å². The highest BCUT2D eigenvalue weighted by Gasteiger charge is 2.28. The molecule has 1 atom stereocenters. The van der Waals surface area contributed by atoms with Crippen LogP contribution in [0.5, 0.6) is 11.5 Å². The lowest BCUT2D eigenvalue weighted by Gasteiger charge is -2.23. The Bertz CT molecular complexity index is 593. The summed E-state index contributed by atoms with van der Waals surface area (Å²) in [6.07, 6.45) is 3.55. The molecular formula is C20H35IN4O2. The van der Waals surface area contributed by atoms with Gasteiger partial charge in [0.25, 0.3) is 0 Å². The maximum Gasteiger partial charge on any atom is 0.191 e. The summed E-state index contributed by atoms with van der Waals surface area (Å²) >= 11 is 0. The van der Waals surface area contributed by atoms with E-state index in [1.165, 1.54) is 18.4 Å². The molecule has 0 amide bonds. The Morgan fingerprint density at radius 3 is 2.52 bits per heavy atom. The van der Waals surface area contributed by atoms with Gasteiger partial charge in [-0.15, -0.1) is 24.0 Å². The molecule has 0 aromatic heterocycles. The third-order valence-corrected chi connectivity index (χ3v) is 4.83. The van der Waals surface area contributed by atoms with Crippen molar-refractivity contribution >= 4 is 29.9 Å². The summed E-state index contributed by atoms with van der Waals surface area (Å²) in [4.78, 5) is 7.19. The Morgan fingerprint density at radius 2 is 1.93 bits per heavy atom. The van der Waals surface area contributed by atoms with E-state index in [1.54, 1.807) is 14.2 Å². The molecule has 0 bridgehead atoms. The first-order valence-electron chi connectivity index (χ1n) is 9.54. The van der Waals surface area contributed by atoms with Crippen molar-refractivity contribution < 1.29 is 9.47 Å². The molecule has 1 aliphatic carbocycles. The van der Waals surface area contributed by atoms with Gasteiger partial charge in [-0.05, 0) is 57.9 Å². The average molecular weight is 490 g/mol. The van der Waals surface area contributed by atoms with Gasteiger partial charge in [0, 0.05) is 25.2 Å². The molecule has 0 spiro atoms. The maximum absolute atomic E-state index is 5.37. The minimum absolute atomic E-state index is 0. The zero-order valence-corrected chi connectivity index (χ0v) is 19.6. The zero-order valence-electron chi connectivity index (χ0n) is 17.2. The second-order valence-corrected chi connectivity index (χ2v) is 6.83. The van der Waals surface area contributed by atoms with Gasteiger partial charge in [-0.25, -0.2) is 0 Å². The van der Waals surface area contributed by atoms with Crippen molar-refractivity contribution in [2.75, 3.05) is 40.9 Å². The number of hydrogen-bond acceptors (Lipinski definition) is 4. The second-order valence-electron chi connectivity index (χ2n) is 6.83. The number of aliphatic imine (C=N–C) groups is 1. The molecule has 7 heteroatoms. The van der Waals surface area contributed by atoms with Gasteiger partial charge >= 0.3 is 0 Å². The molecule has 27 heavy (non-hydrogen) atoms. The number of hydrogen-bond donors (Lipinski definition) is 2. The SMILES string of the molecule is CCNC(=NCC(C)N(C)C1CC1)NCCc1ccc(OC)c(OC)c1.I. The lowest BCUT2D eigenvalue weighted by molar-refractivity contribution is 0.253. The highest BCUT2D eigenvalue weighted by molar-refractivity contribution is 14.0. The van der Waals surface area contributed by atoms with Crippen molar-refractivity contribution in [3.63, 3.8) is 0 Å². The fourth-order valence-electron chi connectivity index (χ4n) is 2.90. The number of halogens is 1. The molecule has 0 saturated heterocycles. The highest BCUT2D eigenvalue weighted by Crippen LogP contribution is 2.28. The summed E-state index contributed by atoms with van der Waals surface area (Å²) in [5, 5.41) is 6.75. The molecule has 0 heterocycles. The van der Waals surface area contributed by atoms with Gasteiger partial charge in [-0.2, -0.15) is 0 Å². The minimum atomic E-state index is 0. The van der Waals surface area contributed by atoms with Crippen molar-refractivity contribution in [3.8, 4) is 11.5 Å². The number of ether oxygens (including phenoxy) is 2. The van der Waals surface area contributed by atoms with Crippen LogP contribution in [-0.2, 0) is 6.42 Å². The van der Waals surface area contributed by atoms with Crippen LogP contribution in [0.3, 0.4) is 0 Å². The minimum Gasteiger partial charge on any atom is -0.493 e. The van der Waals surface area contributed by atoms with E-state index in [-0.39, 0.29) is 24.0 Å². The summed E-state index contributed by atoms with van der Waals surface area (Å²) in [7, 11) is 5.52. The van der Waals surface area contributed by atoms with Crippen LogP contribution in [0.1, 0.15) is 32.3 Å². The van der Waals surface area contributed by atoms with Gasteiger partial charge in [0.2, 0.25) is 0 Å². The van der Waals surface area contributed by atoms with Gasteiger partial charge in [0.15, 0.2) is 17.5 Å². The van der Waals surface area contributed by atoms with Crippen LogP contribution in [-0.4, -0.2) is 63.8 Å². The first-order chi connectivity index (χ1) is 12.6. The Hall–Kier alpha value is -1.22. The van der Waals surface area contributed by atoms with Crippen LogP contribution in [0.25, 0.3) is 0 Å². The average Bonchev–Trinajstić information content (AvgIpc) is 3.50. The van der Waals surface area contributed by atoms with Gasteiger partial charge < -0.3 is 20.1 Å². The third kappa shape index (κ3) is 7.73. The van der Waals surface area contributed by atoms with E-state index >= 15 is 0 Å². The monoisotopic (exact) mass is 490 g/mol. The van der Waals surface area contributed by atoms with Crippen LogP contribution < -0.4 is 20.1 Å². The van der Waals surface area contributed by atoms with Crippen LogP contribution in [0.4, 0.5) is 0 Å². The van der Waals surface area contributed by atoms with Crippen LogP contribution in [0, 0.1) is 0 Å². The first-order valence-corrected chi connectivity index (χ1v) is 9.54. The zero-order chi connectivity index (χ0) is 18.9. The number of nitrogens with one attached hydrogen (secondary N) is 2. The van der Waals surface area contributed by atoms with E-state index in [1.807, 2.05) is 12.1 Å². The maximum atomic E-state index is 5.37. The van der Waals surface area contributed by atoms with Crippen molar-refractivity contribution in [3.05, 3.63) is 23.8 Å². The van der Waals surface area contributed by atoms with Crippen LogP contribution in [0.2, 0.25) is 0 Å². The van der Waals surface area contributed by atoms with E-state index in [0.29, 0.717) is 6.04 Å². The van der Waals surface area contributed by atoms with E-state index in [4.69, 9.17) is 14.5 Å². The molecule has 2 rings (SSSR count). The normalized spacial score (nSPS) is 15.1. The Labute approximate surface area is 181 Å². The molecule has 154 valence electrons. The lowest BCUT2D eigenvalue weighted by atomic mass is 10.1. The van der Waals surface area contributed by atoms with Crippen molar-refractivity contribution in [1.82, 2.24) is 15.5 Å². The molecule has 1 saturated carbocycles. The van der Waals surface area contributed by atoms with Gasteiger partial charge in [-0.1, -0.05) is 6.07 Å². The molecule has 0 aliphatic heterocycles. The van der Waals surface area contributed by atoms with Crippen molar-refractivity contribution in [2.24, 2.45) is 4.99 Å². The molecule has 1 aromatic carbocycles. The summed E-state index contributed by atoms with van der Waals surface area (Å²) in [6.45, 7) is 6.81. The van der Waals surface area contributed by atoms with Crippen LogP contribution >= 0.6 is 24.0 Å². The molecule has 1 aliphatic rings. The Morgan fingerprint density at radius 1 is 1.22 bits per heavy atom. The molecule has 0 radical (unpaired) electrons. The molecule has 6 nitrogen and oxygen atoms in total. The van der Waals surface area contributed by atoms with E-state index < -0.39 is 0 Å². The molecule has 2 N–H and O–H groups in total. The summed E-state index contributed by atoms with van der Waals surface area (Å²) in [5.74, 6) is 2.40. The topological polar surface area (TPSA) is 58.1 Å². The quantitative estimate of drug-likeness (QED) is 0.300. The van der Waals surface area contributed by atoms with Gasteiger partial charge in [0.1, 0.15) is 0 Å². The number of methoxy groups -OCH3 is 2. The Balaban J connectivity index is 0.00000364. The number of benzene rings is 1. The van der Waals surface area contributed by atoms with Crippen molar-refractivity contribution in [2.45, 2.75) is 45.2 Å². The smallest absolute Gasteiger partial charge is 0.191 e. The molecule has 1 unspecified atom stereocenters. The van der Waals surface area contributed by atoms with Crippen molar-refractivity contribution in [1.29, 1.82) is 0 Å². The third-order valence-electron chi connectivity index (χ3n) is 4.83. The fourth-order valence-corrected chi connectivity index (χ4v) is 2.90. The summed E-state index contributed by atoms with van der Waals surface area (Å²) in [6, 6.07) is 7.27. The van der Waals surface area contributed by atoms with Gasteiger partial charge in [0.05, 0.1) is 20.8 Å². The number of rotatable bonds is 10. The second kappa shape index (κ2) is 12.3. The standard InChI is InChI=1S/C20H34N4O2.HI/c1-6-21-20(23-14-15(2)24(3)17-8-9-17)22-12-11-16-7-10-18(25-4)19(13-16)26-5;/h7,10,13,15,17H,6,8-9,11-12,14H2,1-5H3,(H2,21,22,23);1H. The highest BCUT2D eigenvalue weighted by atomic mass is 127. The largest absolute Gasteiger partial charge is 0.493 e. The van der Waals surface area contributed by atoms with E-state index in [0.717, 1.165) is 49.6 Å². The van der Waals surface area contributed by atoms with Gasteiger partial charge in [-0.3, -0.25) is 9.89 Å². The predicted octanol–water partition coefficient (Wildman–Crippen LogP) is 2.90. The number of nitrogens with zero attached hydrogens (tertiary/aromatic N) is 2. The summed E-state index contributed by atoms with van der Waals surface area (Å²) < 4.78 is 10.7. The van der Waals surface area contributed by atoms with E-state index in [2.05, 4.69) is 42.5 Å². The van der Waals surface area contributed by atoms with Crippen LogP contribution in [0.15, 0.2) is 23.2 Å². The lowest BCUT2D eigenvalue weighted by Crippen LogP contribution is -2.40. The summed E-state index contributed by atoms with van der Waals surface area (Å²) in [5.41, 5.74) is 1.20. The predicted molar refractivity (Wildman–Crippen MR) is 123 cm³/mol.